The molecule has 1 aromatic heterocycles. The van der Waals surface area contributed by atoms with Crippen LogP contribution in [0, 0.1) is 0 Å². The number of carbonyl (C=O) groups excluding carboxylic acids is 2. The zero-order valence-corrected chi connectivity index (χ0v) is 16.6. The van der Waals surface area contributed by atoms with E-state index in [4.69, 9.17) is 9.15 Å². The van der Waals surface area contributed by atoms with Gasteiger partial charge in [0.25, 0.3) is 5.91 Å². The largest absolute Gasteiger partial charge is 0.493 e. The first-order chi connectivity index (χ1) is 14.5. The molecule has 30 heavy (non-hydrogen) atoms. The van der Waals surface area contributed by atoms with E-state index >= 15 is 0 Å². The number of nitrogens with zero attached hydrogens (tertiary/aromatic N) is 1. The lowest BCUT2D eigenvalue weighted by Gasteiger charge is -2.34. The number of carbonyl (C=O) groups is 2. The second kappa shape index (κ2) is 10.1. The van der Waals surface area contributed by atoms with Crippen molar-refractivity contribution in [2.75, 3.05) is 20.2 Å². The van der Waals surface area contributed by atoms with Crippen LogP contribution < -0.4 is 14.8 Å². The Morgan fingerprint density at radius 2 is 2.10 bits per heavy atom. The van der Waals surface area contributed by atoms with Gasteiger partial charge in [0.05, 0.1) is 13.4 Å². The lowest BCUT2D eigenvalue weighted by molar-refractivity contribution is -0.126. The Morgan fingerprint density at radius 3 is 2.80 bits per heavy atom. The molecule has 0 bridgehead atoms. The van der Waals surface area contributed by atoms with E-state index < -0.39 is 12.7 Å². The molecule has 2 aromatic rings. The van der Waals surface area contributed by atoms with Gasteiger partial charge >= 0.3 is 6.61 Å². The van der Waals surface area contributed by atoms with E-state index in [0.717, 1.165) is 12.8 Å². The summed E-state index contributed by atoms with van der Waals surface area (Å²) in [5.41, 5.74) is 0.707. The Morgan fingerprint density at radius 1 is 1.27 bits per heavy atom. The van der Waals surface area contributed by atoms with E-state index in [2.05, 4.69) is 10.1 Å². The smallest absolute Gasteiger partial charge is 0.387 e. The topological polar surface area (TPSA) is 81.0 Å². The Hall–Kier alpha value is -3.10. The summed E-state index contributed by atoms with van der Waals surface area (Å²) < 4.78 is 39.8. The summed E-state index contributed by atoms with van der Waals surface area (Å²) in [6.07, 6.45) is 4.09. The standard InChI is InChI=1S/C21H24F2N2O5/c1-28-16-8-7-14(13-18(16)30-21(22)23)9-10-24-19(26)15-5-2-3-11-25(15)20(27)17-6-4-12-29-17/h4,6-8,12-13,15,21H,2-3,5,9-11H2,1H3,(H,24,26). The number of likely N-dealkylation sites (tertiary alicyclic amines) is 1. The van der Waals surface area contributed by atoms with E-state index in [0.29, 0.717) is 31.5 Å². The van der Waals surface area contributed by atoms with Crippen molar-refractivity contribution in [3.63, 3.8) is 0 Å². The number of piperidine rings is 1. The second-order valence-electron chi connectivity index (χ2n) is 6.89. The third kappa shape index (κ3) is 5.28. The minimum absolute atomic E-state index is 0.0566. The summed E-state index contributed by atoms with van der Waals surface area (Å²) in [7, 11) is 1.37. The minimum Gasteiger partial charge on any atom is -0.493 e. The summed E-state index contributed by atoms with van der Waals surface area (Å²) >= 11 is 0. The van der Waals surface area contributed by atoms with Gasteiger partial charge < -0.3 is 24.1 Å². The van der Waals surface area contributed by atoms with Gasteiger partial charge in [-0.1, -0.05) is 6.07 Å². The molecule has 1 aromatic carbocycles. The van der Waals surface area contributed by atoms with Crippen LogP contribution in [-0.2, 0) is 11.2 Å². The first kappa shape index (κ1) is 21.6. The maximum Gasteiger partial charge on any atom is 0.387 e. The average Bonchev–Trinajstić information content (AvgIpc) is 3.28. The molecule has 2 heterocycles. The predicted octanol–water partition coefficient (Wildman–Crippen LogP) is 3.24. The molecule has 1 fully saturated rings. The Balaban J connectivity index is 1.58. The number of halogens is 2. The molecule has 1 atom stereocenters. The maximum absolute atomic E-state index is 12.7. The van der Waals surface area contributed by atoms with Crippen LogP contribution in [0.1, 0.15) is 35.4 Å². The lowest BCUT2D eigenvalue weighted by Crippen LogP contribution is -2.52. The number of rotatable bonds is 8. The average molecular weight is 422 g/mol. The van der Waals surface area contributed by atoms with Gasteiger partial charge in [0.1, 0.15) is 6.04 Å². The number of benzene rings is 1. The number of ether oxygens (including phenoxy) is 2. The highest BCUT2D eigenvalue weighted by atomic mass is 19.3. The van der Waals surface area contributed by atoms with Gasteiger partial charge in [-0.25, -0.2) is 0 Å². The molecule has 1 aliphatic heterocycles. The van der Waals surface area contributed by atoms with Crippen molar-refractivity contribution in [3.8, 4) is 11.5 Å². The van der Waals surface area contributed by atoms with Crippen molar-refractivity contribution in [1.29, 1.82) is 0 Å². The zero-order chi connectivity index (χ0) is 21.5. The minimum atomic E-state index is -2.96. The fourth-order valence-electron chi connectivity index (χ4n) is 3.50. The molecule has 2 amide bonds. The van der Waals surface area contributed by atoms with Crippen LogP contribution in [0.25, 0.3) is 0 Å². The molecule has 0 radical (unpaired) electrons. The van der Waals surface area contributed by atoms with Crippen LogP contribution in [0.15, 0.2) is 41.0 Å². The quantitative estimate of drug-likeness (QED) is 0.706. The van der Waals surface area contributed by atoms with Crippen LogP contribution in [-0.4, -0.2) is 49.6 Å². The fraction of sp³-hybridized carbons (Fsp3) is 0.429. The molecular weight excluding hydrogens is 398 g/mol. The third-order valence-corrected chi connectivity index (χ3v) is 4.96. The molecule has 0 saturated carbocycles. The van der Waals surface area contributed by atoms with Gasteiger partial charge in [-0.3, -0.25) is 9.59 Å². The molecule has 7 nitrogen and oxygen atoms in total. The number of nitrogens with one attached hydrogen (secondary N) is 1. The first-order valence-corrected chi connectivity index (χ1v) is 9.73. The van der Waals surface area contributed by atoms with E-state index in [9.17, 15) is 18.4 Å². The number of methoxy groups -OCH3 is 1. The molecular formula is C21H24F2N2O5. The predicted molar refractivity (Wildman–Crippen MR) is 104 cm³/mol. The number of amides is 2. The molecule has 1 unspecified atom stereocenters. The SMILES string of the molecule is COc1ccc(CCNC(=O)C2CCCCN2C(=O)c2ccco2)cc1OC(F)F. The van der Waals surface area contributed by atoms with Gasteiger partial charge in [-0.05, 0) is 55.5 Å². The third-order valence-electron chi connectivity index (χ3n) is 4.96. The Bertz CT molecular complexity index is 857. The Kier molecular flexibility index (Phi) is 7.26. The van der Waals surface area contributed by atoms with Crippen LogP contribution in [0.2, 0.25) is 0 Å². The van der Waals surface area contributed by atoms with Crippen LogP contribution >= 0.6 is 0 Å². The molecule has 162 valence electrons. The van der Waals surface area contributed by atoms with Crippen molar-refractivity contribution in [2.45, 2.75) is 38.3 Å². The lowest BCUT2D eigenvalue weighted by atomic mass is 10.0. The Labute approximate surface area is 172 Å². The fourth-order valence-corrected chi connectivity index (χ4v) is 3.50. The molecule has 0 aliphatic carbocycles. The van der Waals surface area contributed by atoms with E-state index in [1.54, 1.807) is 29.2 Å². The van der Waals surface area contributed by atoms with Crippen molar-refractivity contribution >= 4 is 11.8 Å². The maximum atomic E-state index is 12.7. The van der Waals surface area contributed by atoms with Gasteiger partial charge in [-0.15, -0.1) is 0 Å². The highest BCUT2D eigenvalue weighted by Crippen LogP contribution is 2.29. The zero-order valence-electron chi connectivity index (χ0n) is 16.6. The van der Waals surface area contributed by atoms with Crippen molar-refractivity contribution < 1.29 is 32.3 Å². The highest BCUT2D eigenvalue weighted by Gasteiger charge is 2.33. The van der Waals surface area contributed by atoms with Crippen LogP contribution in [0.4, 0.5) is 8.78 Å². The summed E-state index contributed by atoms with van der Waals surface area (Å²) in [5.74, 6) is -0.188. The normalized spacial score (nSPS) is 16.4. The van der Waals surface area contributed by atoms with Crippen LogP contribution in [0.5, 0.6) is 11.5 Å². The molecule has 1 saturated heterocycles. The van der Waals surface area contributed by atoms with Gasteiger partial charge in [0.15, 0.2) is 17.3 Å². The van der Waals surface area contributed by atoms with Gasteiger partial charge in [0, 0.05) is 13.1 Å². The summed E-state index contributed by atoms with van der Waals surface area (Å²) in [4.78, 5) is 26.9. The highest BCUT2D eigenvalue weighted by molar-refractivity contribution is 5.95. The molecule has 1 N–H and O–H groups in total. The number of hydrogen-bond donors (Lipinski definition) is 1. The molecule has 1 aliphatic rings. The van der Waals surface area contributed by atoms with Crippen molar-refractivity contribution in [2.24, 2.45) is 0 Å². The van der Waals surface area contributed by atoms with Gasteiger partial charge in [0.2, 0.25) is 5.91 Å². The monoisotopic (exact) mass is 422 g/mol. The molecule has 0 spiro atoms. The van der Waals surface area contributed by atoms with E-state index in [-0.39, 0.29) is 29.1 Å². The summed E-state index contributed by atoms with van der Waals surface area (Å²) in [5, 5.41) is 2.84. The number of hydrogen-bond acceptors (Lipinski definition) is 5. The van der Waals surface area contributed by atoms with Crippen molar-refractivity contribution in [1.82, 2.24) is 10.2 Å². The molecule has 9 heteroatoms. The second-order valence-corrected chi connectivity index (χ2v) is 6.89. The summed E-state index contributed by atoms with van der Waals surface area (Å²) in [6.45, 7) is -2.18. The van der Waals surface area contributed by atoms with E-state index in [1.165, 1.54) is 19.4 Å². The van der Waals surface area contributed by atoms with Crippen molar-refractivity contribution in [3.05, 3.63) is 47.9 Å². The molecule has 3 rings (SSSR count). The van der Waals surface area contributed by atoms with Gasteiger partial charge in [-0.2, -0.15) is 8.78 Å². The summed E-state index contributed by atoms with van der Waals surface area (Å²) in [6, 6.07) is 7.37. The number of furan rings is 1. The first-order valence-electron chi connectivity index (χ1n) is 9.73. The van der Waals surface area contributed by atoms with E-state index in [1.807, 2.05) is 0 Å². The number of alkyl halides is 2. The van der Waals surface area contributed by atoms with Crippen LogP contribution in [0.3, 0.4) is 0 Å².